The van der Waals surface area contributed by atoms with Gasteiger partial charge in [-0.3, -0.25) is 4.79 Å². The van der Waals surface area contributed by atoms with Gasteiger partial charge in [-0.2, -0.15) is 4.98 Å². The minimum Gasteiger partial charge on any atom is -0.475 e. The van der Waals surface area contributed by atoms with Gasteiger partial charge in [0.15, 0.2) is 5.82 Å². The van der Waals surface area contributed by atoms with Crippen molar-refractivity contribution in [1.29, 1.82) is 0 Å². The molecule has 2 heterocycles. The van der Waals surface area contributed by atoms with Crippen LogP contribution in [-0.2, 0) is 0 Å². The van der Waals surface area contributed by atoms with Crippen LogP contribution in [0.3, 0.4) is 0 Å². The Morgan fingerprint density at radius 2 is 1.89 bits per heavy atom. The van der Waals surface area contributed by atoms with Crippen LogP contribution in [0.4, 0.5) is 11.4 Å². The standard InChI is InChI=1S/C21H20N4O2/c1-24(2)17-10-6-7-15(13-17)19-22-14-18-20(23-19)27-12-11-25(21(18)26)16-8-4-3-5-9-16/h3-10,13-14H,11-12H2,1-2H3. The monoisotopic (exact) mass is 360 g/mol. The van der Waals surface area contributed by atoms with E-state index in [2.05, 4.69) is 9.97 Å². The Labute approximate surface area is 158 Å². The largest absolute Gasteiger partial charge is 0.475 e. The van der Waals surface area contributed by atoms with Gasteiger partial charge >= 0.3 is 0 Å². The quantitative estimate of drug-likeness (QED) is 0.718. The lowest BCUT2D eigenvalue weighted by Gasteiger charge is -2.19. The van der Waals surface area contributed by atoms with E-state index in [1.54, 1.807) is 11.1 Å². The van der Waals surface area contributed by atoms with Gasteiger partial charge in [0, 0.05) is 37.2 Å². The third-order valence-corrected chi connectivity index (χ3v) is 4.47. The summed E-state index contributed by atoms with van der Waals surface area (Å²) >= 11 is 0. The summed E-state index contributed by atoms with van der Waals surface area (Å²) in [7, 11) is 3.97. The zero-order valence-corrected chi connectivity index (χ0v) is 15.3. The maximum Gasteiger partial charge on any atom is 0.265 e. The molecule has 0 bridgehead atoms. The summed E-state index contributed by atoms with van der Waals surface area (Å²) in [5.41, 5.74) is 3.15. The highest BCUT2D eigenvalue weighted by Crippen LogP contribution is 2.27. The van der Waals surface area contributed by atoms with Crippen LogP contribution in [0.1, 0.15) is 10.4 Å². The van der Waals surface area contributed by atoms with Crippen molar-refractivity contribution in [1.82, 2.24) is 9.97 Å². The number of para-hydroxylation sites is 1. The maximum atomic E-state index is 13.0. The van der Waals surface area contributed by atoms with Crippen LogP contribution in [0.15, 0.2) is 60.8 Å². The van der Waals surface area contributed by atoms with E-state index in [9.17, 15) is 4.79 Å². The van der Waals surface area contributed by atoms with Crippen LogP contribution in [0, 0.1) is 0 Å². The predicted molar refractivity (Wildman–Crippen MR) is 105 cm³/mol. The van der Waals surface area contributed by atoms with Crippen molar-refractivity contribution in [3.05, 3.63) is 66.4 Å². The Morgan fingerprint density at radius 3 is 2.67 bits per heavy atom. The van der Waals surface area contributed by atoms with Crippen LogP contribution < -0.4 is 14.5 Å². The third-order valence-electron chi connectivity index (χ3n) is 4.47. The van der Waals surface area contributed by atoms with Gasteiger partial charge in [0.2, 0.25) is 5.88 Å². The molecule has 27 heavy (non-hydrogen) atoms. The molecule has 0 saturated heterocycles. The van der Waals surface area contributed by atoms with E-state index in [1.807, 2.05) is 73.6 Å². The van der Waals surface area contributed by atoms with Gasteiger partial charge in [-0.25, -0.2) is 4.98 Å². The molecule has 0 N–H and O–H groups in total. The van der Waals surface area contributed by atoms with Crippen LogP contribution in [0.5, 0.6) is 5.88 Å². The highest BCUT2D eigenvalue weighted by Gasteiger charge is 2.26. The summed E-state index contributed by atoms with van der Waals surface area (Å²) in [5, 5.41) is 0. The van der Waals surface area contributed by atoms with E-state index in [0.29, 0.717) is 30.4 Å². The molecule has 1 aliphatic heterocycles. The number of hydrogen-bond donors (Lipinski definition) is 0. The number of rotatable bonds is 3. The first-order valence-corrected chi connectivity index (χ1v) is 8.78. The SMILES string of the molecule is CN(C)c1cccc(-c2ncc3c(n2)OCCN(c2ccccc2)C3=O)c1. The lowest BCUT2D eigenvalue weighted by atomic mass is 10.1. The van der Waals surface area contributed by atoms with Crippen LogP contribution in [0.25, 0.3) is 11.4 Å². The highest BCUT2D eigenvalue weighted by atomic mass is 16.5. The van der Waals surface area contributed by atoms with Gasteiger partial charge in [0.05, 0.1) is 6.54 Å². The molecule has 1 amide bonds. The van der Waals surface area contributed by atoms with Crippen molar-refractivity contribution in [3.63, 3.8) is 0 Å². The summed E-state index contributed by atoms with van der Waals surface area (Å²) in [6.45, 7) is 0.840. The zero-order valence-electron chi connectivity index (χ0n) is 15.3. The Balaban J connectivity index is 1.70. The van der Waals surface area contributed by atoms with Crippen LogP contribution >= 0.6 is 0 Å². The number of carbonyl (C=O) groups is 1. The summed E-state index contributed by atoms with van der Waals surface area (Å²) in [5.74, 6) is 0.722. The molecule has 2 aromatic carbocycles. The van der Waals surface area contributed by atoms with Crippen molar-refractivity contribution in [3.8, 4) is 17.3 Å². The molecule has 3 aromatic rings. The molecule has 1 aromatic heterocycles. The predicted octanol–water partition coefficient (Wildman–Crippen LogP) is 3.25. The molecule has 6 nitrogen and oxygen atoms in total. The van der Waals surface area contributed by atoms with Crippen molar-refractivity contribution in [2.24, 2.45) is 0 Å². The molecule has 0 unspecified atom stereocenters. The fourth-order valence-corrected chi connectivity index (χ4v) is 3.02. The van der Waals surface area contributed by atoms with Crippen molar-refractivity contribution in [2.45, 2.75) is 0 Å². The first-order chi connectivity index (χ1) is 13.1. The number of fused-ring (bicyclic) bond motifs is 1. The molecule has 0 saturated carbocycles. The second-order valence-electron chi connectivity index (χ2n) is 6.50. The van der Waals surface area contributed by atoms with Gasteiger partial charge in [-0.15, -0.1) is 0 Å². The maximum absolute atomic E-state index is 13.0. The third kappa shape index (κ3) is 3.33. The normalized spacial score (nSPS) is 13.6. The Kier molecular flexibility index (Phi) is 4.46. The Hall–Kier alpha value is -3.41. The van der Waals surface area contributed by atoms with Crippen molar-refractivity contribution < 1.29 is 9.53 Å². The average Bonchev–Trinajstić information content (AvgIpc) is 2.87. The van der Waals surface area contributed by atoms with E-state index in [0.717, 1.165) is 16.9 Å². The smallest absolute Gasteiger partial charge is 0.265 e. The number of carbonyl (C=O) groups excluding carboxylic acids is 1. The van der Waals surface area contributed by atoms with Gasteiger partial charge in [0.25, 0.3) is 5.91 Å². The van der Waals surface area contributed by atoms with Crippen molar-refractivity contribution >= 4 is 17.3 Å². The van der Waals surface area contributed by atoms with E-state index in [-0.39, 0.29) is 5.91 Å². The molecular weight excluding hydrogens is 340 g/mol. The second kappa shape index (κ2) is 7.07. The second-order valence-corrected chi connectivity index (χ2v) is 6.50. The van der Waals surface area contributed by atoms with E-state index in [1.165, 1.54) is 0 Å². The number of ether oxygens (including phenoxy) is 1. The average molecular weight is 360 g/mol. The van der Waals surface area contributed by atoms with Gasteiger partial charge < -0.3 is 14.5 Å². The number of anilines is 2. The summed E-state index contributed by atoms with van der Waals surface area (Å²) in [6.07, 6.45) is 1.56. The fraction of sp³-hybridized carbons (Fsp3) is 0.190. The van der Waals surface area contributed by atoms with E-state index < -0.39 is 0 Å². The van der Waals surface area contributed by atoms with Gasteiger partial charge in [-0.05, 0) is 24.3 Å². The van der Waals surface area contributed by atoms with Crippen LogP contribution in [0.2, 0.25) is 0 Å². The number of aromatic nitrogens is 2. The minimum atomic E-state index is -0.151. The molecule has 0 spiro atoms. The molecule has 4 rings (SSSR count). The van der Waals surface area contributed by atoms with Crippen LogP contribution in [-0.4, -0.2) is 43.1 Å². The Morgan fingerprint density at radius 1 is 1.07 bits per heavy atom. The van der Waals surface area contributed by atoms with E-state index >= 15 is 0 Å². The molecule has 0 fully saturated rings. The zero-order chi connectivity index (χ0) is 18.8. The first kappa shape index (κ1) is 17.0. The molecule has 6 heteroatoms. The molecule has 136 valence electrons. The minimum absolute atomic E-state index is 0.151. The lowest BCUT2D eigenvalue weighted by molar-refractivity contribution is 0.0989. The highest BCUT2D eigenvalue weighted by molar-refractivity contribution is 6.07. The lowest BCUT2D eigenvalue weighted by Crippen LogP contribution is -2.32. The van der Waals surface area contributed by atoms with Gasteiger partial charge in [-0.1, -0.05) is 30.3 Å². The van der Waals surface area contributed by atoms with Gasteiger partial charge in [0.1, 0.15) is 12.2 Å². The Bertz CT molecular complexity index is 973. The molecule has 0 aliphatic carbocycles. The fourth-order valence-electron chi connectivity index (χ4n) is 3.02. The summed E-state index contributed by atoms with van der Waals surface area (Å²) < 4.78 is 5.79. The topological polar surface area (TPSA) is 58.6 Å². The first-order valence-electron chi connectivity index (χ1n) is 8.78. The summed E-state index contributed by atoms with van der Waals surface area (Å²) in [4.78, 5) is 25.7. The number of hydrogen-bond acceptors (Lipinski definition) is 5. The number of amides is 1. The number of nitrogens with zero attached hydrogens (tertiary/aromatic N) is 4. The van der Waals surface area contributed by atoms with E-state index in [4.69, 9.17) is 4.74 Å². The summed E-state index contributed by atoms with van der Waals surface area (Å²) in [6, 6.07) is 17.5. The van der Waals surface area contributed by atoms with Crippen molar-refractivity contribution in [2.75, 3.05) is 37.0 Å². The number of benzene rings is 2. The molecule has 1 aliphatic rings. The molecule has 0 radical (unpaired) electrons. The molecule has 0 atom stereocenters. The molecular formula is C21H20N4O2.